The van der Waals surface area contributed by atoms with Gasteiger partial charge in [-0.25, -0.2) is 14.4 Å². The fourth-order valence-electron chi connectivity index (χ4n) is 2.27. The highest BCUT2D eigenvalue weighted by Gasteiger charge is 2.21. The van der Waals surface area contributed by atoms with Gasteiger partial charge in [0.2, 0.25) is 5.78 Å². The van der Waals surface area contributed by atoms with E-state index in [9.17, 15) is 24.0 Å². The number of rotatable bonds is 5. The first-order valence-corrected chi connectivity index (χ1v) is 7.63. The third kappa shape index (κ3) is 3.78. The molecule has 0 saturated heterocycles. The second-order valence-electron chi connectivity index (χ2n) is 5.53. The van der Waals surface area contributed by atoms with E-state index < -0.39 is 41.1 Å². The Hall–Kier alpha value is -3.69. The van der Waals surface area contributed by atoms with Gasteiger partial charge in [0, 0.05) is 14.1 Å². The van der Waals surface area contributed by atoms with E-state index in [2.05, 4.69) is 4.74 Å². The van der Waals surface area contributed by atoms with Gasteiger partial charge in [0.05, 0.1) is 18.2 Å². The number of esters is 2. The summed E-state index contributed by atoms with van der Waals surface area (Å²) in [6, 6.07) is 5.40. The first-order chi connectivity index (χ1) is 12.7. The first kappa shape index (κ1) is 19.6. The molecule has 0 atom stereocenters. The van der Waals surface area contributed by atoms with Crippen LogP contribution in [0, 0.1) is 0 Å². The molecule has 0 aliphatic rings. The Balaban J connectivity index is 2.17. The highest BCUT2D eigenvalue weighted by molar-refractivity contribution is 6.02. The summed E-state index contributed by atoms with van der Waals surface area (Å²) in [5.41, 5.74) is 4.01. The van der Waals surface area contributed by atoms with Gasteiger partial charge in [-0.1, -0.05) is 0 Å². The van der Waals surface area contributed by atoms with E-state index in [1.807, 2.05) is 0 Å². The number of ketones is 1. The number of carbonyl (C=O) groups is 3. The molecule has 0 spiro atoms. The average molecular weight is 375 g/mol. The molecule has 0 aliphatic heterocycles. The van der Waals surface area contributed by atoms with Crippen molar-refractivity contribution in [3.63, 3.8) is 0 Å². The summed E-state index contributed by atoms with van der Waals surface area (Å²) in [5, 5.41) is 0. The van der Waals surface area contributed by atoms with Crippen molar-refractivity contribution in [3.05, 3.63) is 61.8 Å². The summed E-state index contributed by atoms with van der Waals surface area (Å²) in [7, 11) is 3.74. The molecule has 2 rings (SSSR count). The Morgan fingerprint density at radius 3 is 2.00 bits per heavy atom. The van der Waals surface area contributed by atoms with Crippen LogP contribution in [0.4, 0.5) is 5.82 Å². The molecule has 0 aliphatic carbocycles. The maximum atomic E-state index is 12.3. The van der Waals surface area contributed by atoms with Crippen LogP contribution in [0.2, 0.25) is 0 Å². The van der Waals surface area contributed by atoms with Crippen LogP contribution in [0.3, 0.4) is 0 Å². The van der Waals surface area contributed by atoms with Crippen molar-refractivity contribution in [1.29, 1.82) is 0 Å². The number of nitrogen functional groups attached to an aromatic ring is 1. The largest absolute Gasteiger partial charge is 0.465 e. The smallest absolute Gasteiger partial charge is 0.338 e. The van der Waals surface area contributed by atoms with Crippen LogP contribution in [-0.4, -0.2) is 40.6 Å². The molecule has 2 aromatic rings. The van der Waals surface area contributed by atoms with Crippen molar-refractivity contribution in [2.45, 2.75) is 0 Å². The Bertz CT molecular complexity index is 1030. The van der Waals surface area contributed by atoms with Crippen molar-refractivity contribution in [2.75, 3.05) is 19.5 Å². The van der Waals surface area contributed by atoms with Crippen LogP contribution in [-0.2, 0) is 23.6 Å². The molecule has 1 heterocycles. The monoisotopic (exact) mass is 375 g/mol. The molecule has 1 aromatic heterocycles. The van der Waals surface area contributed by atoms with Gasteiger partial charge < -0.3 is 15.2 Å². The lowest BCUT2D eigenvalue weighted by atomic mass is 10.1. The zero-order chi connectivity index (χ0) is 20.3. The van der Waals surface area contributed by atoms with Gasteiger partial charge in [-0.3, -0.25) is 18.7 Å². The van der Waals surface area contributed by atoms with Gasteiger partial charge in [0.25, 0.3) is 5.56 Å². The first-order valence-electron chi connectivity index (χ1n) is 7.63. The highest BCUT2D eigenvalue weighted by Crippen LogP contribution is 2.09. The number of hydrogen-bond donors (Lipinski definition) is 1. The number of aromatic nitrogens is 2. The number of methoxy groups -OCH3 is 1. The highest BCUT2D eigenvalue weighted by atomic mass is 16.5. The topological polar surface area (TPSA) is 140 Å². The number of Topliss-reactive ketones (excluding diaryl/α,β-unsaturated/α-hetero) is 1. The maximum absolute atomic E-state index is 12.3. The lowest BCUT2D eigenvalue weighted by Crippen LogP contribution is -2.42. The normalized spacial score (nSPS) is 10.3. The molecule has 27 heavy (non-hydrogen) atoms. The third-order valence-corrected chi connectivity index (χ3v) is 3.86. The number of hydrogen-bond acceptors (Lipinski definition) is 8. The summed E-state index contributed by atoms with van der Waals surface area (Å²) in [5.74, 6) is -2.55. The standard InChI is InChI=1S/C17H17N3O7/c1-19-13(18)12(14(22)20(2)17(19)25)11(21)8-27-16(24)10-6-4-9(5-7-10)15(23)26-3/h4-7H,8,18H2,1-3H3. The van der Waals surface area contributed by atoms with Crippen LogP contribution in [0.15, 0.2) is 33.9 Å². The van der Waals surface area contributed by atoms with E-state index in [1.54, 1.807) is 0 Å². The van der Waals surface area contributed by atoms with Crippen molar-refractivity contribution >= 4 is 23.5 Å². The van der Waals surface area contributed by atoms with Crippen molar-refractivity contribution in [3.8, 4) is 0 Å². The summed E-state index contributed by atoms with van der Waals surface area (Å²) in [6.07, 6.45) is 0. The number of nitrogens with zero attached hydrogens (tertiary/aromatic N) is 2. The van der Waals surface area contributed by atoms with Crippen molar-refractivity contribution < 1.29 is 23.9 Å². The second kappa shape index (κ2) is 7.68. The Kier molecular flexibility index (Phi) is 5.59. The predicted octanol–water partition coefficient (Wildman–Crippen LogP) is -0.507. The quantitative estimate of drug-likeness (QED) is 0.544. The summed E-state index contributed by atoms with van der Waals surface area (Å²) in [6.45, 7) is -0.741. The van der Waals surface area contributed by atoms with Gasteiger partial charge in [-0.05, 0) is 24.3 Å². The van der Waals surface area contributed by atoms with Crippen LogP contribution in [0.1, 0.15) is 31.1 Å². The average Bonchev–Trinajstić information content (AvgIpc) is 2.68. The van der Waals surface area contributed by atoms with Crippen LogP contribution in [0.25, 0.3) is 0 Å². The molecule has 0 amide bonds. The molecular weight excluding hydrogens is 358 g/mol. The summed E-state index contributed by atoms with van der Waals surface area (Å²) < 4.78 is 11.1. The Morgan fingerprint density at radius 2 is 1.48 bits per heavy atom. The second-order valence-corrected chi connectivity index (χ2v) is 5.53. The van der Waals surface area contributed by atoms with E-state index >= 15 is 0 Å². The minimum absolute atomic E-state index is 0.0942. The number of ether oxygens (including phenoxy) is 2. The Labute approximate surface area is 152 Å². The van der Waals surface area contributed by atoms with Crippen molar-refractivity contribution in [2.24, 2.45) is 14.1 Å². The molecule has 0 bridgehead atoms. The molecule has 0 fully saturated rings. The number of anilines is 1. The molecule has 10 heteroatoms. The zero-order valence-corrected chi connectivity index (χ0v) is 14.8. The SMILES string of the molecule is COC(=O)c1ccc(C(=O)OCC(=O)c2c(N)n(C)c(=O)n(C)c2=O)cc1. The van der Waals surface area contributed by atoms with E-state index in [4.69, 9.17) is 10.5 Å². The van der Waals surface area contributed by atoms with Gasteiger partial charge >= 0.3 is 17.6 Å². The van der Waals surface area contributed by atoms with Crippen molar-refractivity contribution in [1.82, 2.24) is 9.13 Å². The van der Waals surface area contributed by atoms with E-state index in [1.165, 1.54) is 45.5 Å². The van der Waals surface area contributed by atoms with E-state index in [0.29, 0.717) is 0 Å². The predicted molar refractivity (Wildman–Crippen MR) is 93.7 cm³/mol. The Morgan fingerprint density at radius 1 is 0.963 bits per heavy atom. The van der Waals surface area contributed by atoms with Crippen LogP contribution in [0.5, 0.6) is 0 Å². The molecule has 10 nitrogen and oxygen atoms in total. The molecule has 142 valence electrons. The van der Waals surface area contributed by atoms with Gasteiger partial charge in [-0.2, -0.15) is 0 Å². The number of nitrogens with two attached hydrogens (primary N) is 1. The molecule has 1 aromatic carbocycles. The molecule has 0 radical (unpaired) electrons. The lowest BCUT2D eigenvalue weighted by Gasteiger charge is -2.11. The minimum Gasteiger partial charge on any atom is -0.465 e. The molecule has 2 N–H and O–H groups in total. The van der Waals surface area contributed by atoms with E-state index in [-0.39, 0.29) is 16.9 Å². The number of benzene rings is 1. The maximum Gasteiger partial charge on any atom is 0.338 e. The van der Waals surface area contributed by atoms with Crippen LogP contribution < -0.4 is 17.0 Å². The van der Waals surface area contributed by atoms with Gasteiger partial charge in [0.1, 0.15) is 11.4 Å². The summed E-state index contributed by atoms with van der Waals surface area (Å²) >= 11 is 0. The van der Waals surface area contributed by atoms with Crippen LogP contribution >= 0.6 is 0 Å². The zero-order valence-electron chi connectivity index (χ0n) is 14.8. The fraction of sp³-hybridized carbons (Fsp3) is 0.235. The van der Waals surface area contributed by atoms with E-state index in [0.717, 1.165) is 9.13 Å². The fourth-order valence-corrected chi connectivity index (χ4v) is 2.27. The van der Waals surface area contributed by atoms with Gasteiger partial charge in [-0.15, -0.1) is 0 Å². The van der Waals surface area contributed by atoms with Gasteiger partial charge in [0.15, 0.2) is 6.61 Å². The molecule has 0 saturated carbocycles. The molecular formula is C17H17N3O7. The minimum atomic E-state index is -0.876. The lowest BCUT2D eigenvalue weighted by molar-refractivity contribution is 0.0473. The number of carbonyl (C=O) groups excluding carboxylic acids is 3. The summed E-state index contributed by atoms with van der Waals surface area (Å²) in [4.78, 5) is 59.5. The third-order valence-electron chi connectivity index (χ3n) is 3.86. The molecule has 0 unspecified atom stereocenters.